The third-order valence-electron chi connectivity index (χ3n) is 5.83. The maximum Gasteiger partial charge on any atom is 0.408 e. The van der Waals surface area contributed by atoms with E-state index >= 15 is 0 Å². The van der Waals surface area contributed by atoms with E-state index in [0.717, 1.165) is 5.56 Å². The number of alkyl carbamates (subject to hydrolysis) is 1. The lowest BCUT2D eigenvalue weighted by Crippen LogP contribution is -2.52. The van der Waals surface area contributed by atoms with Gasteiger partial charge in [-0.15, -0.1) is 0 Å². The number of phenols is 1. The zero-order chi connectivity index (χ0) is 31.0. The van der Waals surface area contributed by atoms with Crippen molar-refractivity contribution in [3.8, 4) is 5.75 Å². The fourth-order valence-corrected chi connectivity index (χ4v) is 4.05. The molecule has 10 heteroatoms. The predicted molar refractivity (Wildman–Crippen MR) is 155 cm³/mol. The molecule has 0 heterocycles. The van der Waals surface area contributed by atoms with E-state index in [0.29, 0.717) is 11.1 Å². The average molecular weight is 570 g/mol. The summed E-state index contributed by atoms with van der Waals surface area (Å²) >= 11 is 0. The number of carbonyl (C=O) groups excluding carboxylic acids is 4. The summed E-state index contributed by atoms with van der Waals surface area (Å²) in [5.74, 6) is -1.74. The fraction of sp³-hybridized carbons (Fsp3) is 0.484. The van der Waals surface area contributed by atoms with Gasteiger partial charge in [0.15, 0.2) is 0 Å². The number of esters is 1. The maximum atomic E-state index is 14.0. The first kappa shape index (κ1) is 33.1. The normalized spacial score (nSPS) is 13.0. The van der Waals surface area contributed by atoms with E-state index in [1.807, 2.05) is 30.3 Å². The van der Waals surface area contributed by atoms with Crippen LogP contribution in [-0.2, 0) is 30.3 Å². The Labute approximate surface area is 242 Å². The van der Waals surface area contributed by atoms with Gasteiger partial charge in [-0.25, -0.2) is 9.59 Å². The van der Waals surface area contributed by atoms with E-state index < -0.39 is 53.7 Å². The van der Waals surface area contributed by atoms with Crippen molar-refractivity contribution in [1.82, 2.24) is 15.5 Å². The summed E-state index contributed by atoms with van der Waals surface area (Å²) in [5.41, 5.74) is 0.198. The van der Waals surface area contributed by atoms with Gasteiger partial charge in [-0.05, 0) is 84.2 Å². The first-order chi connectivity index (χ1) is 19.0. The van der Waals surface area contributed by atoms with Crippen molar-refractivity contribution < 1.29 is 33.8 Å². The first-order valence-electron chi connectivity index (χ1n) is 13.6. The van der Waals surface area contributed by atoms with Crippen molar-refractivity contribution in [2.45, 2.75) is 85.1 Å². The highest BCUT2D eigenvalue weighted by Gasteiger charge is 2.35. The molecule has 41 heavy (non-hydrogen) atoms. The van der Waals surface area contributed by atoms with Gasteiger partial charge in [0, 0.05) is 13.0 Å². The lowest BCUT2D eigenvalue weighted by atomic mass is 9.99. The molecule has 0 aliphatic carbocycles. The van der Waals surface area contributed by atoms with Crippen molar-refractivity contribution >= 4 is 23.9 Å². The highest BCUT2D eigenvalue weighted by atomic mass is 16.6. The second kappa shape index (κ2) is 14.0. The summed E-state index contributed by atoms with van der Waals surface area (Å²) in [4.78, 5) is 54.0. The van der Waals surface area contributed by atoms with Gasteiger partial charge in [-0.3, -0.25) is 9.59 Å². The molecule has 0 spiro atoms. The molecule has 2 atom stereocenters. The number of nitrogens with one attached hydrogen (secondary N) is 2. The van der Waals surface area contributed by atoms with E-state index in [1.165, 1.54) is 11.0 Å². The number of rotatable bonds is 10. The van der Waals surface area contributed by atoms with Crippen molar-refractivity contribution in [2.75, 3.05) is 13.1 Å². The first-order valence-corrected chi connectivity index (χ1v) is 13.6. The van der Waals surface area contributed by atoms with Gasteiger partial charge in [0.05, 0.1) is 0 Å². The van der Waals surface area contributed by atoms with Gasteiger partial charge in [0.2, 0.25) is 11.8 Å². The summed E-state index contributed by atoms with van der Waals surface area (Å²) < 4.78 is 10.8. The molecule has 2 unspecified atom stereocenters. The van der Waals surface area contributed by atoms with Crippen LogP contribution in [0.25, 0.3) is 0 Å². The van der Waals surface area contributed by atoms with Gasteiger partial charge in [0.1, 0.15) is 35.6 Å². The molecule has 0 radical (unpaired) electrons. The molecule has 3 N–H and O–H groups in total. The van der Waals surface area contributed by atoms with Gasteiger partial charge >= 0.3 is 12.1 Å². The summed E-state index contributed by atoms with van der Waals surface area (Å²) in [7, 11) is 0. The monoisotopic (exact) mass is 569 g/mol. The van der Waals surface area contributed by atoms with Gasteiger partial charge in [0.25, 0.3) is 0 Å². The van der Waals surface area contributed by atoms with Crippen LogP contribution in [0.2, 0.25) is 0 Å². The molecule has 0 aliphatic rings. The molecule has 3 amide bonds. The lowest BCUT2D eigenvalue weighted by Gasteiger charge is -2.32. The van der Waals surface area contributed by atoms with Gasteiger partial charge < -0.3 is 30.1 Å². The number of hydrogen-bond donors (Lipinski definition) is 3. The maximum absolute atomic E-state index is 14.0. The minimum absolute atomic E-state index is 0.0320. The summed E-state index contributed by atoms with van der Waals surface area (Å²) in [6, 6.07) is 11.6. The summed E-state index contributed by atoms with van der Waals surface area (Å²) in [5, 5.41) is 15.3. The van der Waals surface area contributed by atoms with E-state index in [9.17, 15) is 24.3 Å². The second-order valence-electron chi connectivity index (χ2n) is 11.8. The quantitative estimate of drug-likeness (QED) is 0.366. The number of amides is 3. The van der Waals surface area contributed by atoms with Crippen molar-refractivity contribution in [3.63, 3.8) is 0 Å². The number of ether oxygens (including phenoxy) is 2. The number of benzene rings is 2. The minimum Gasteiger partial charge on any atom is -0.508 e. The van der Waals surface area contributed by atoms with Crippen molar-refractivity contribution in [2.24, 2.45) is 0 Å². The second-order valence-corrected chi connectivity index (χ2v) is 11.8. The number of hydrogen-bond acceptors (Lipinski definition) is 7. The minimum atomic E-state index is -1.17. The van der Waals surface area contributed by atoms with Gasteiger partial charge in [-0.1, -0.05) is 36.4 Å². The number of carbonyl (C=O) groups is 4. The Bertz CT molecular complexity index is 1220. The molecular weight excluding hydrogens is 526 g/mol. The molecule has 0 bridgehead atoms. The number of nitrogens with zero attached hydrogens (tertiary/aromatic N) is 1. The molecule has 0 saturated carbocycles. The van der Waals surface area contributed by atoms with E-state index in [1.54, 1.807) is 67.5 Å². The topological polar surface area (TPSA) is 134 Å². The van der Waals surface area contributed by atoms with Crippen LogP contribution in [-0.4, -0.2) is 64.2 Å². The molecule has 0 aromatic heterocycles. The lowest BCUT2D eigenvalue weighted by molar-refractivity contribution is -0.159. The zero-order valence-corrected chi connectivity index (χ0v) is 25.2. The van der Waals surface area contributed by atoms with E-state index in [2.05, 4.69) is 10.6 Å². The Hall–Kier alpha value is -4.08. The van der Waals surface area contributed by atoms with Crippen LogP contribution in [0.15, 0.2) is 48.5 Å². The van der Waals surface area contributed by atoms with Crippen LogP contribution < -0.4 is 10.6 Å². The Morgan fingerprint density at radius 3 is 2.07 bits per heavy atom. The standard InChI is InChI=1S/C31H43N3O7/c1-9-34(25(36)19-32-29(39)41-31(6,7)8)26(22-15-16-24(35)20(2)17-22)27(37)33-23(28(38)40-30(3,4)5)18-21-13-11-10-12-14-21/h10-17,23,26,35H,9,18-19H2,1-8H3,(H,32,39)(H,33,37). The molecule has 0 fully saturated rings. The van der Waals surface area contributed by atoms with Gasteiger partial charge in [-0.2, -0.15) is 0 Å². The largest absolute Gasteiger partial charge is 0.508 e. The Morgan fingerprint density at radius 2 is 1.54 bits per heavy atom. The van der Waals surface area contributed by atoms with Crippen LogP contribution in [0.5, 0.6) is 5.75 Å². The van der Waals surface area contributed by atoms with E-state index in [4.69, 9.17) is 9.47 Å². The molecule has 2 aromatic carbocycles. The molecule has 2 aromatic rings. The van der Waals surface area contributed by atoms with Crippen molar-refractivity contribution in [1.29, 1.82) is 0 Å². The number of likely N-dealkylation sites (N-methyl/N-ethyl adjacent to an activating group) is 1. The zero-order valence-electron chi connectivity index (χ0n) is 25.2. The predicted octanol–water partition coefficient (Wildman–Crippen LogP) is 4.18. The molecular formula is C31H43N3O7. The third-order valence-corrected chi connectivity index (χ3v) is 5.83. The molecule has 224 valence electrons. The van der Waals surface area contributed by atoms with Crippen LogP contribution in [0, 0.1) is 6.92 Å². The molecule has 0 aliphatic heterocycles. The van der Waals surface area contributed by atoms with Crippen LogP contribution in [0.3, 0.4) is 0 Å². The Balaban J connectivity index is 2.42. The summed E-state index contributed by atoms with van der Waals surface area (Å²) in [6.07, 6.45) is -0.598. The number of aryl methyl sites for hydroxylation is 1. The summed E-state index contributed by atoms with van der Waals surface area (Å²) in [6.45, 7) is 13.4. The Kier molecular flexibility index (Phi) is 11.3. The Morgan fingerprint density at radius 1 is 0.927 bits per heavy atom. The molecule has 10 nitrogen and oxygen atoms in total. The highest BCUT2D eigenvalue weighted by molar-refractivity contribution is 5.93. The fourth-order valence-electron chi connectivity index (χ4n) is 4.05. The smallest absolute Gasteiger partial charge is 0.408 e. The van der Waals surface area contributed by atoms with Crippen LogP contribution in [0.4, 0.5) is 4.79 Å². The third kappa shape index (κ3) is 10.8. The number of phenolic OH excluding ortho intramolecular Hbond substituents is 1. The van der Waals surface area contributed by atoms with Crippen molar-refractivity contribution in [3.05, 3.63) is 65.2 Å². The average Bonchev–Trinajstić information content (AvgIpc) is 2.85. The van der Waals surface area contributed by atoms with E-state index in [-0.39, 0.29) is 18.7 Å². The van der Waals surface area contributed by atoms with Crippen LogP contribution >= 0.6 is 0 Å². The molecule has 0 saturated heterocycles. The van der Waals surface area contributed by atoms with Crippen LogP contribution in [0.1, 0.15) is 71.2 Å². The SMILES string of the molecule is CCN(C(=O)CNC(=O)OC(C)(C)C)C(C(=O)NC(Cc1ccccc1)C(=O)OC(C)(C)C)c1ccc(O)c(C)c1. The molecule has 2 rings (SSSR count). The highest BCUT2D eigenvalue weighted by Crippen LogP contribution is 2.27. The number of aromatic hydroxyl groups is 1.